The molecule has 2 saturated heterocycles. The number of hydrogen-bond acceptors (Lipinski definition) is 2. The van der Waals surface area contributed by atoms with E-state index in [-0.39, 0.29) is 0 Å². The number of nitrogens with zero attached hydrogens (tertiary/aromatic N) is 1. The Balaban J connectivity index is 2.06. The number of nitrogens with two attached hydrogens (primary N) is 1. The average Bonchev–Trinajstić information content (AvgIpc) is 2.45. The Hall–Kier alpha value is -0.0800. The Bertz CT molecular complexity index is 175. The Labute approximate surface area is 87.8 Å². The smallest absolute Gasteiger partial charge is 0.0116 e. The molecule has 0 saturated carbocycles. The minimum absolute atomic E-state index is 0.484. The highest BCUT2D eigenvalue weighted by atomic mass is 15.2. The van der Waals surface area contributed by atoms with Gasteiger partial charge in [-0.1, -0.05) is 13.8 Å². The van der Waals surface area contributed by atoms with E-state index in [4.69, 9.17) is 5.73 Å². The third kappa shape index (κ3) is 1.70. The van der Waals surface area contributed by atoms with Gasteiger partial charge in [-0.3, -0.25) is 4.90 Å². The molecule has 0 aliphatic carbocycles. The minimum Gasteiger partial charge on any atom is -0.328 e. The molecule has 0 aromatic rings. The maximum absolute atomic E-state index is 6.07. The van der Waals surface area contributed by atoms with Crippen molar-refractivity contribution < 1.29 is 0 Å². The molecule has 2 unspecified atom stereocenters. The molecule has 0 amide bonds. The van der Waals surface area contributed by atoms with E-state index in [1.807, 2.05) is 0 Å². The van der Waals surface area contributed by atoms with E-state index < -0.39 is 0 Å². The summed E-state index contributed by atoms with van der Waals surface area (Å²) in [6.07, 6.45) is 7.89. The summed E-state index contributed by atoms with van der Waals surface area (Å²) in [6, 6.07) is 2.93. The van der Waals surface area contributed by atoms with E-state index in [2.05, 4.69) is 18.7 Å². The molecular formula is C12H24N2. The van der Waals surface area contributed by atoms with Crippen molar-refractivity contribution in [1.82, 2.24) is 4.90 Å². The molecule has 2 aliphatic heterocycles. The van der Waals surface area contributed by atoms with E-state index in [1.54, 1.807) is 0 Å². The van der Waals surface area contributed by atoms with Crippen LogP contribution < -0.4 is 5.73 Å². The van der Waals surface area contributed by atoms with E-state index in [9.17, 15) is 0 Å². The van der Waals surface area contributed by atoms with Crippen LogP contribution in [0.3, 0.4) is 0 Å². The molecule has 2 N–H and O–H groups in total. The summed E-state index contributed by atoms with van der Waals surface area (Å²) in [6.45, 7) is 4.64. The molecule has 14 heavy (non-hydrogen) atoms. The number of hydrogen-bond donors (Lipinski definition) is 1. The Morgan fingerprint density at radius 1 is 1.14 bits per heavy atom. The quantitative estimate of drug-likeness (QED) is 0.749. The molecule has 2 heterocycles. The van der Waals surface area contributed by atoms with Crippen molar-refractivity contribution in [3.8, 4) is 0 Å². The summed E-state index contributed by atoms with van der Waals surface area (Å²) in [5, 5.41) is 0. The van der Waals surface area contributed by atoms with Gasteiger partial charge in [0, 0.05) is 24.2 Å². The van der Waals surface area contributed by atoms with Crippen LogP contribution in [0.5, 0.6) is 0 Å². The molecule has 2 heteroatoms. The van der Waals surface area contributed by atoms with Crippen LogP contribution in [-0.2, 0) is 0 Å². The van der Waals surface area contributed by atoms with Gasteiger partial charge in [-0.15, -0.1) is 0 Å². The highest BCUT2D eigenvalue weighted by molar-refractivity contribution is 4.98. The lowest BCUT2D eigenvalue weighted by molar-refractivity contribution is 0.0729. The second-order valence-electron chi connectivity index (χ2n) is 5.03. The van der Waals surface area contributed by atoms with Gasteiger partial charge in [0.15, 0.2) is 0 Å². The monoisotopic (exact) mass is 196 g/mol. The topological polar surface area (TPSA) is 29.3 Å². The lowest BCUT2D eigenvalue weighted by Gasteiger charge is -2.42. The van der Waals surface area contributed by atoms with Gasteiger partial charge in [0.1, 0.15) is 0 Å². The third-order valence-corrected chi connectivity index (χ3v) is 4.19. The molecule has 0 aromatic heterocycles. The van der Waals surface area contributed by atoms with Crippen molar-refractivity contribution in [1.29, 1.82) is 0 Å². The Morgan fingerprint density at radius 2 is 1.64 bits per heavy atom. The molecule has 0 aromatic carbocycles. The molecule has 2 nitrogen and oxygen atoms in total. The zero-order valence-electron chi connectivity index (χ0n) is 9.58. The minimum atomic E-state index is 0.484. The zero-order valence-corrected chi connectivity index (χ0v) is 9.58. The van der Waals surface area contributed by atoms with Gasteiger partial charge in [0.2, 0.25) is 0 Å². The predicted molar refractivity (Wildman–Crippen MR) is 60.2 cm³/mol. The standard InChI is InChI=1S/C12H24N2/c1-3-10(4-2)14-11-5-6-12(14)8-9(13)7-11/h9-12H,3-8,13H2,1-2H3. The summed E-state index contributed by atoms with van der Waals surface area (Å²) in [7, 11) is 0. The van der Waals surface area contributed by atoms with Crippen LogP contribution in [0.15, 0.2) is 0 Å². The van der Waals surface area contributed by atoms with Gasteiger partial charge in [-0.2, -0.15) is 0 Å². The summed E-state index contributed by atoms with van der Waals surface area (Å²) in [4.78, 5) is 2.80. The van der Waals surface area contributed by atoms with Crippen LogP contribution in [0.25, 0.3) is 0 Å². The van der Waals surface area contributed by atoms with Crippen molar-refractivity contribution in [3.05, 3.63) is 0 Å². The second kappa shape index (κ2) is 4.19. The number of piperidine rings is 1. The first-order valence-corrected chi connectivity index (χ1v) is 6.29. The van der Waals surface area contributed by atoms with Crippen LogP contribution >= 0.6 is 0 Å². The average molecular weight is 196 g/mol. The highest BCUT2D eigenvalue weighted by Gasteiger charge is 2.41. The van der Waals surface area contributed by atoms with Crippen molar-refractivity contribution in [2.24, 2.45) is 5.73 Å². The van der Waals surface area contributed by atoms with Gasteiger partial charge in [0.05, 0.1) is 0 Å². The van der Waals surface area contributed by atoms with Gasteiger partial charge >= 0.3 is 0 Å². The van der Waals surface area contributed by atoms with Crippen LogP contribution in [-0.4, -0.2) is 29.1 Å². The first-order valence-electron chi connectivity index (χ1n) is 6.29. The van der Waals surface area contributed by atoms with Gasteiger partial charge in [0.25, 0.3) is 0 Å². The summed E-state index contributed by atoms with van der Waals surface area (Å²) in [5.41, 5.74) is 6.07. The summed E-state index contributed by atoms with van der Waals surface area (Å²) in [5.74, 6) is 0. The number of fused-ring (bicyclic) bond motifs is 2. The van der Waals surface area contributed by atoms with Crippen molar-refractivity contribution in [2.75, 3.05) is 0 Å². The largest absolute Gasteiger partial charge is 0.328 e. The molecule has 2 aliphatic rings. The van der Waals surface area contributed by atoms with Crippen LogP contribution in [0, 0.1) is 0 Å². The Kier molecular flexibility index (Phi) is 3.13. The van der Waals surface area contributed by atoms with Gasteiger partial charge in [-0.05, 0) is 38.5 Å². The lowest BCUT2D eigenvalue weighted by atomic mass is 9.94. The van der Waals surface area contributed by atoms with Gasteiger partial charge in [-0.25, -0.2) is 0 Å². The molecule has 2 rings (SSSR count). The van der Waals surface area contributed by atoms with Crippen molar-refractivity contribution in [3.63, 3.8) is 0 Å². The van der Waals surface area contributed by atoms with Crippen molar-refractivity contribution in [2.45, 2.75) is 76.5 Å². The molecule has 0 spiro atoms. The first kappa shape index (κ1) is 10.4. The fourth-order valence-corrected chi connectivity index (χ4v) is 3.56. The Morgan fingerprint density at radius 3 is 2.07 bits per heavy atom. The molecular weight excluding hydrogens is 172 g/mol. The molecule has 0 radical (unpaired) electrons. The zero-order chi connectivity index (χ0) is 10.1. The molecule has 2 bridgehead atoms. The van der Waals surface area contributed by atoms with Crippen LogP contribution in [0.1, 0.15) is 52.4 Å². The predicted octanol–water partition coefficient (Wildman–Crippen LogP) is 2.13. The fourth-order valence-electron chi connectivity index (χ4n) is 3.56. The van der Waals surface area contributed by atoms with Crippen LogP contribution in [0.2, 0.25) is 0 Å². The van der Waals surface area contributed by atoms with Crippen molar-refractivity contribution >= 4 is 0 Å². The molecule has 82 valence electrons. The second-order valence-corrected chi connectivity index (χ2v) is 5.03. The number of rotatable bonds is 3. The normalized spacial score (nSPS) is 38.1. The highest BCUT2D eigenvalue weighted by Crippen LogP contribution is 2.37. The maximum atomic E-state index is 6.07. The van der Waals surface area contributed by atoms with Crippen LogP contribution in [0.4, 0.5) is 0 Å². The van der Waals surface area contributed by atoms with Gasteiger partial charge < -0.3 is 5.73 Å². The third-order valence-electron chi connectivity index (χ3n) is 4.19. The fraction of sp³-hybridized carbons (Fsp3) is 1.00. The van der Waals surface area contributed by atoms with E-state index in [0.29, 0.717) is 6.04 Å². The SMILES string of the molecule is CCC(CC)N1C2CCC1CC(N)C2. The first-order chi connectivity index (χ1) is 6.76. The molecule has 2 fully saturated rings. The van der Waals surface area contributed by atoms with E-state index >= 15 is 0 Å². The maximum Gasteiger partial charge on any atom is 0.0116 e. The molecule has 2 atom stereocenters. The summed E-state index contributed by atoms with van der Waals surface area (Å²) >= 11 is 0. The summed E-state index contributed by atoms with van der Waals surface area (Å²) < 4.78 is 0. The van der Waals surface area contributed by atoms with E-state index in [1.165, 1.54) is 38.5 Å². The lowest BCUT2D eigenvalue weighted by Crippen LogP contribution is -2.51. The van der Waals surface area contributed by atoms with E-state index in [0.717, 1.165) is 18.1 Å².